The molecule has 0 saturated heterocycles. The van der Waals surface area contributed by atoms with Gasteiger partial charge in [0.25, 0.3) is 0 Å². The van der Waals surface area contributed by atoms with Crippen molar-refractivity contribution in [2.45, 2.75) is 38.7 Å². The van der Waals surface area contributed by atoms with Gasteiger partial charge in [-0.2, -0.15) is 0 Å². The fraction of sp³-hybridized carbons (Fsp3) is 0.259. The number of esters is 1. The number of methoxy groups -OCH3 is 1. The largest absolute Gasteiger partial charge is 0.490 e. The maximum Gasteiger partial charge on any atom is 0.348 e. The average molecular weight is 509 g/mol. The third-order valence-electron chi connectivity index (χ3n) is 6.43. The first kappa shape index (κ1) is 23.5. The number of carbonyl (C=O) groups excluding carboxylic acids is 2. The van der Waals surface area contributed by atoms with Crippen LogP contribution in [0.2, 0.25) is 5.02 Å². The number of thiophene rings is 1. The van der Waals surface area contributed by atoms with E-state index in [0.29, 0.717) is 15.5 Å². The number of halogens is 1. The van der Waals surface area contributed by atoms with Crippen LogP contribution in [-0.2, 0) is 4.74 Å². The van der Waals surface area contributed by atoms with Gasteiger partial charge in [0, 0.05) is 16.8 Å². The first-order chi connectivity index (χ1) is 16.9. The number of hydrogen-bond acceptors (Lipinski definition) is 5. The number of amides is 1. The van der Waals surface area contributed by atoms with E-state index < -0.39 is 5.91 Å². The van der Waals surface area contributed by atoms with Crippen LogP contribution in [0.3, 0.4) is 0 Å². The van der Waals surface area contributed by atoms with Crippen LogP contribution in [0.25, 0.3) is 27.2 Å². The van der Waals surface area contributed by atoms with Crippen LogP contribution in [0.4, 0.5) is 0 Å². The molecule has 1 fully saturated rings. The van der Waals surface area contributed by atoms with Gasteiger partial charge in [0.1, 0.15) is 10.6 Å². The van der Waals surface area contributed by atoms with Crippen LogP contribution < -0.4 is 10.5 Å². The minimum atomic E-state index is -0.476. The van der Waals surface area contributed by atoms with Crippen molar-refractivity contribution < 1.29 is 19.1 Å². The molecule has 0 spiro atoms. The van der Waals surface area contributed by atoms with Gasteiger partial charge in [-0.15, -0.1) is 11.3 Å². The van der Waals surface area contributed by atoms with Crippen molar-refractivity contribution in [3.8, 4) is 22.7 Å². The van der Waals surface area contributed by atoms with E-state index in [2.05, 4.69) is 0 Å². The zero-order valence-electron chi connectivity index (χ0n) is 19.5. The Kier molecular flexibility index (Phi) is 6.30. The molecule has 0 atom stereocenters. The average Bonchev–Trinajstić information content (AvgIpc) is 3.55. The van der Waals surface area contributed by atoms with Crippen LogP contribution >= 0.6 is 22.9 Å². The number of fused-ring (bicyclic) bond motifs is 1. The molecule has 1 amide bonds. The molecule has 1 aliphatic rings. The van der Waals surface area contributed by atoms with Gasteiger partial charge in [-0.05, 0) is 86.7 Å². The molecule has 0 bridgehead atoms. The summed E-state index contributed by atoms with van der Waals surface area (Å²) in [5.41, 5.74) is 10.1. The molecule has 0 radical (unpaired) electrons. The fourth-order valence-electron chi connectivity index (χ4n) is 4.71. The van der Waals surface area contributed by atoms with E-state index >= 15 is 0 Å². The van der Waals surface area contributed by atoms with Gasteiger partial charge >= 0.3 is 5.97 Å². The molecule has 6 nitrogen and oxygen atoms in total. The van der Waals surface area contributed by atoms with E-state index in [1.54, 1.807) is 6.07 Å². The van der Waals surface area contributed by atoms with Crippen LogP contribution in [0.5, 0.6) is 5.75 Å². The minimum Gasteiger partial charge on any atom is -0.490 e. The van der Waals surface area contributed by atoms with E-state index in [-0.39, 0.29) is 12.1 Å². The predicted molar refractivity (Wildman–Crippen MR) is 139 cm³/mol. The van der Waals surface area contributed by atoms with Gasteiger partial charge in [0.05, 0.1) is 34.1 Å². The molecule has 1 saturated carbocycles. The second-order valence-corrected chi connectivity index (χ2v) is 10.2. The Labute approximate surface area is 212 Å². The Hall–Kier alpha value is -3.29. The molecule has 0 unspecified atom stereocenters. The number of aryl methyl sites for hydroxylation is 1. The third kappa shape index (κ3) is 4.42. The molecule has 2 aromatic carbocycles. The third-order valence-corrected chi connectivity index (χ3v) is 7.80. The van der Waals surface area contributed by atoms with Crippen molar-refractivity contribution >= 4 is 45.0 Å². The highest BCUT2D eigenvalue weighted by atomic mass is 35.5. The van der Waals surface area contributed by atoms with E-state index in [9.17, 15) is 9.59 Å². The Balaban J connectivity index is 1.64. The molecule has 8 heteroatoms. The van der Waals surface area contributed by atoms with E-state index in [1.807, 2.05) is 54.0 Å². The van der Waals surface area contributed by atoms with E-state index in [1.165, 1.54) is 31.3 Å². The molecule has 2 heterocycles. The predicted octanol–water partition coefficient (Wildman–Crippen LogP) is 6.53. The molecule has 2 N–H and O–H groups in total. The summed E-state index contributed by atoms with van der Waals surface area (Å²) in [6, 6.07) is 15.1. The molecule has 180 valence electrons. The first-order valence-electron chi connectivity index (χ1n) is 11.5. The summed E-state index contributed by atoms with van der Waals surface area (Å²) in [5, 5.41) is 0.575. The molecule has 0 aliphatic heterocycles. The standard InChI is InChI=1S/C27H25ClN2O4S/c1-15-11-16(7-9-19(15)26(29)31)30-22(13-24-23(30)14-25(35-24)27(32)33-2)20-10-8-18(12-21(20)28)34-17-5-3-4-6-17/h7-14,17H,3-6H2,1-2H3,(H2,29,31). The normalized spacial score (nSPS) is 13.9. The van der Waals surface area contributed by atoms with Crippen molar-refractivity contribution in [3.05, 3.63) is 69.6 Å². The zero-order chi connectivity index (χ0) is 24.7. The maximum absolute atomic E-state index is 12.2. The summed E-state index contributed by atoms with van der Waals surface area (Å²) in [7, 11) is 1.37. The number of rotatable bonds is 6. The van der Waals surface area contributed by atoms with Crippen molar-refractivity contribution in [2.75, 3.05) is 7.11 Å². The first-order valence-corrected chi connectivity index (χ1v) is 12.7. The molecule has 2 aromatic heterocycles. The SMILES string of the molecule is COC(=O)c1cc2c(cc(-c3ccc(OC4CCCC4)cc3Cl)n2-c2ccc(C(N)=O)c(C)c2)s1. The molecular formula is C27H25ClN2O4S. The summed E-state index contributed by atoms with van der Waals surface area (Å²) in [5.74, 6) is -0.0949. The number of aromatic nitrogens is 1. The second-order valence-electron chi connectivity index (χ2n) is 8.75. The lowest BCUT2D eigenvalue weighted by Crippen LogP contribution is -2.13. The van der Waals surface area contributed by atoms with Gasteiger partial charge in [0.2, 0.25) is 5.91 Å². The Bertz CT molecular complexity index is 1450. The van der Waals surface area contributed by atoms with Gasteiger partial charge in [-0.3, -0.25) is 4.79 Å². The summed E-state index contributed by atoms with van der Waals surface area (Å²) < 4.78 is 14.0. The van der Waals surface area contributed by atoms with Gasteiger partial charge < -0.3 is 19.8 Å². The van der Waals surface area contributed by atoms with Crippen LogP contribution in [0.15, 0.2) is 48.5 Å². The number of primary amides is 1. The lowest BCUT2D eigenvalue weighted by molar-refractivity contribution is 0.0606. The number of benzene rings is 2. The van der Waals surface area contributed by atoms with Crippen molar-refractivity contribution in [2.24, 2.45) is 5.73 Å². The molecule has 1 aliphatic carbocycles. The lowest BCUT2D eigenvalue weighted by atomic mass is 10.1. The Morgan fingerprint density at radius 3 is 2.51 bits per heavy atom. The smallest absolute Gasteiger partial charge is 0.348 e. The molecule has 5 rings (SSSR count). The summed E-state index contributed by atoms with van der Waals surface area (Å²) in [6.45, 7) is 1.85. The van der Waals surface area contributed by atoms with Crippen LogP contribution in [0.1, 0.15) is 51.3 Å². The highest BCUT2D eigenvalue weighted by molar-refractivity contribution is 7.20. The van der Waals surface area contributed by atoms with E-state index in [0.717, 1.165) is 51.3 Å². The maximum atomic E-state index is 12.2. The number of nitrogens with zero attached hydrogens (tertiary/aromatic N) is 1. The van der Waals surface area contributed by atoms with Crippen molar-refractivity contribution in [3.63, 3.8) is 0 Å². The fourth-order valence-corrected chi connectivity index (χ4v) is 5.98. The summed E-state index contributed by atoms with van der Waals surface area (Å²) in [4.78, 5) is 24.5. The number of hydrogen-bond donors (Lipinski definition) is 1. The molecular weight excluding hydrogens is 484 g/mol. The highest BCUT2D eigenvalue weighted by Gasteiger charge is 2.22. The van der Waals surface area contributed by atoms with Crippen molar-refractivity contribution in [1.82, 2.24) is 4.57 Å². The number of ether oxygens (including phenoxy) is 2. The monoisotopic (exact) mass is 508 g/mol. The molecule has 35 heavy (non-hydrogen) atoms. The lowest BCUT2D eigenvalue weighted by Gasteiger charge is -2.16. The topological polar surface area (TPSA) is 83.6 Å². The van der Waals surface area contributed by atoms with Gasteiger partial charge in [-0.25, -0.2) is 4.79 Å². The highest BCUT2D eigenvalue weighted by Crippen LogP contribution is 2.40. The Morgan fingerprint density at radius 1 is 1.09 bits per heavy atom. The summed E-state index contributed by atoms with van der Waals surface area (Å²) >= 11 is 8.14. The second kappa shape index (κ2) is 9.40. The van der Waals surface area contributed by atoms with Gasteiger partial charge in [0.15, 0.2) is 0 Å². The van der Waals surface area contributed by atoms with E-state index in [4.69, 9.17) is 26.8 Å². The quantitative estimate of drug-likeness (QED) is 0.300. The van der Waals surface area contributed by atoms with Gasteiger partial charge in [-0.1, -0.05) is 11.6 Å². The van der Waals surface area contributed by atoms with Crippen molar-refractivity contribution in [1.29, 1.82) is 0 Å². The Morgan fingerprint density at radius 2 is 1.86 bits per heavy atom. The summed E-state index contributed by atoms with van der Waals surface area (Å²) in [6.07, 6.45) is 4.78. The van der Waals surface area contributed by atoms with Crippen LogP contribution in [0, 0.1) is 6.92 Å². The number of nitrogens with two attached hydrogens (primary N) is 1. The zero-order valence-corrected chi connectivity index (χ0v) is 21.0. The van der Waals surface area contributed by atoms with Crippen LogP contribution in [-0.4, -0.2) is 29.7 Å². The minimum absolute atomic E-state index is 0.245. The molecule has 4 aromatic rings. The number of carbonyl (C=O) groups is 2.